The van der Waals surface area contributed by atoms with E-state index < -0.39 is 5.97 Å². The molecule has 0 atom stereocenters. The number of hydrazone groups is 1. The minimum absolute atomic E-state index is 0.188. The van der Waals surface area contributed by atoms with Crippen LogP contribution in [-0.2, 0) is 0 Å². The number of nitrogens with zero attached hydrogens (tertiary/aromatic N) is 2. The third kappa shape index (κ3) is 4.07. The Kier molecular flexibility index (Phi) is 5.30. The van der Waals surface area contributed by atoms with E-state index in [-0.39, 0.29) is 11.5 Å². The van der Waals surface area contributed by atoms with Crippen LogP contribution in [0.2, 0.25) is 0 Å². The van der Waals surface area contributed by atoms with Crippen molar-refractivity contribution in [2.24, 2.45) is 5.10 Å². The van der Waals surface area contributed by atoms with Crippen LogP contribution in [0.15, 0.2) is 90.0 Å². The number of carbonyl (C=O) groups excluding carboxylic acids is 1. The Bertz CT molecular complexity index is 1250. The number of nitrogens with one attached hydrogen (secondary N) is 1. The largest absolute Gasteiger partial charge is 0.478 e. The number of aromatic nitrogens is 1. The van der Waals surface area contributed by atoms with Gasteiger partial charge in [-0.05, 0) is 29.8 Å². The summed E-state index contributed by atoms with van der Waals surface area (Å²) in [6.45, 7) is 0. The van der Waals surface area contributed by atoms with Crippen molar-refractivity contribution in [2.45, 2.75) is 0 Å². The number of hydrogen-bond donors (Lipinski definition) is 2. The monoisotopic (exact) mass is 395 g/mol. The molecule has 0 aliphatic carbocycles. The summed E-state index contributed by atoms with van der Waals surface area (Å²) in [7, 11) is 0. The SMILES string of the molecule is O=C(O)c1ccc(/C=N/NC(=O)c2cc(-c3ccccc3)nc3ccccc23)cc1. The molecule has 1 amide bonds. The second kappa shape index (κ2) is 8.36. The average molecular weight is 395 g/mol. The Labute approximate surface area is 172 Å². The number of amides is 1. The molecule has 0 spiro atoms. The number of carboxylic acid groups (broad SMARTS) is 1. The molecule has 0 fully saturated rings. The molecule has 2 N–H and O–H groups in total. The molecule has 146 valence electrons. The molecule has 4 aromatic rings. The lowest BCUT2D eigenvalue weighted by Crippen LogP contribution is -2.18. The van der Waals surface area contributed by atoms with Gasteiger partial charge in [-0.3, -0.25) is 4.79 Å². The van der Waals surface area contributed by atoms with Gasteiger partial charge in [-0.1, -0.05) is 60.7 Å². The van der Waals surface area contributed by atoms with E-state index in [2.05, 4.69) is 15.5 Å². The summed E-state index contributed by atoms with van der Waals surface area (Å²) in [6, 6.07) is 25.1. The minimum Gasteiger partial charge on any atom is -0.478 e. The lowest BCUT2D eigenvalue weighted by molar-refractivity contribution is 0.0696. The lowest BCUT2D eigenvalue weighted by Gasteiger charge is -2.09. The van der Waals surface area contributed by atoms with E-state index in [1.807, 2.05) is 54.6 Å². The smallest absolute Gasteiger partial charge is 0.335 e. The molecule has 0 bridgehead atoms. The first-order chi connectivity index (χ1) is 14.6. The van der Waals surface area contributed by atoms with Crippen LogP contribution in [0.4, 0.5) is 0 Å². The van der Waals surface area contributed by atoms with Gasteiger partial charge in [0.15, 0.2) is 0 Å². The van der Waals surface area contributed by atoms with Crippen molar-refractivity contribution in [3.63, 3.8) is 0 Å². The van der Waals surface area contributed by atoms with E-state index in [1.165, 1.54) is 18.3 Å². The first kappa shape index (κ1) is 19.0. The van der Waals surface area contributed by atoms with Crippen LogP contribution >= 0.6 is 0 Å². The fraction of sp³-hybridized carbons (Fsp3) is 0. The zero-order valence-corrected chi connectivity index (χ0v) is 15.8. The fourth-order valence-corrected chi connectivity index (χ4v) is 3.06. The number of aromatic carboxylic acids is 1. The molecule has 6 nitrogen and oxygen atoms in total. The molecule has 30 heavy (non-hydrogen) atoms. The van der Waals surface area contributed by atoms with E-state index in [0.717, 1.165) is 16.5 Å². The summed E-state index contributed by atoms with van der Waals surface area (Å²) < 4.78 is 0. The molecule has 0 aliphatic rings. The maximum Gasteiger partial charge on any atom is 0.335 e. The number of carbonyl (C=O) groups is 2. The molecule has 1 heterocycles. The van der Waals surface area contributed by atoms with Gasteiger partial charge < -0.3 is 5.11 Å². The third-order valence-corrected chi connectivity index (χ3v) is 4.57. The molecule has 0 saturated heterocycles. The molecule has 6 heteroatoms. The quantitative estimate of drug-likeness (QED) is 0.388. The molecule has 0 radical (unpaired) electrons. The summed E-state index contributed by atoms with van der Waals surface area (Å²) in [5.41, 5.74) is 6.21. The predicted octanol–water partition coefficient (Wildman–Crippen LogP) is 4.36. The van der Waals surface area contributed by atoms with E-state index in [4.69, 9.17) is 5.11 Å². The second-order valence-corrected chi connectivity index (χ2v) is 6.56. The molecule has 3 aromatic carbocycles. The lowest BCUT2D eigenvalue weighted by atomic mass is 10.0. The Morgan fingerprint density at radius 2 is 1.60 bits per heavy atom. The van der Waals surface area contributed by atoms with Gasteiger partial charge >= 0.3 is 5.97 Å². The summed E-state index contributed by atoms with van der Waals surface area (Å²) in [6.07, 6.45) is 1.46. The third-order valence-electron chi connectivity index (χ3n) is 4.57. The average Bonchev–Trinajstić information content (AvgIpc) is 2.79. The maximum absolute atomic E-state index is 12.8. The topological polar surface area (TPSA) is 91.6 Å². The highest BCUT2D eigenvalue weighted by Crippen LogP contribution is 2.24. The molecule has 0 saturated carbocycles. The van der Waals surface area contributed by atoms with Crippen LogP contribution in [0.5, 0.6) is 0 Å². The van der Waals surface area contributed by atoms with E-state index >= 15 is 0 Å². The van der Waals surface area contributed by atoms with Gasteiger partial charge in [-0.15, -0.1) is 0 Å². The van der Waals surface area contributed by atoms with Crippen LogP contribution in [0.25, 0.3) is 22.2 Å². The highest BCUT2D eigenvalue weighted by atomic mass is 16.4. The van der Waals surface area contributed by atoms with Crippen LogP contribution < -0.4 is 5.43 Å². The van der Waals surface area contributed by atoms with Gasteiger partial charge in [0, 0.05) is 10.9 Å². The van der Waals surface area contributed by atoms with Crippen molar-refractivity contribution >= 4 is 29.0 Å². The number of pyridine rings is 1. The number of carboxylic acids is 1. The van der Waals surface area contributed by atoms with Crippen molar-refractivity contribution in [2.75, 3.05) is 0 Å². The minimum atomic E-state index is -0.995. The number of rotatable bonds is 5. The maximum atomic E-state index is 12.8. The summed E-state index contributed by atoms with van der Waals surface area (Å²) in [5.74, 6) is -1.35. The van der Waals surface area contributed by atoms with Crippen molar-refractivity contribution in [3.8, 4) is 11.3 Å². The molecular formula is C24H17N3O3. The zero-order valence-electron chi connectivity index (χ0n) is 15.8. The van der Waals surface area contributed by atoms with E-state index in [0.29, 0.717) is 16.8 Å². The Morgan fingerprint density at radius 1 is 0.900 bits per heavy atom. The summed E-state index contributed by atoms with van der Waals surface area (Å²) in [4.78, 5) is 28.4. The molecule has 0 aliphatic heterocycles. The Hall–Kier alpha value is -4.32. The standard InChI is InChI=1S/C24H17N3O3/c28-23(27-25-15-16-10-12-18(13-11-16)24(29)30)20-14-22(17-6-2-1-3-7-17)26-21-9-5-4-8-19(20)21/h1-15H,(H,27,28)(H,29,30)/b25-15+. The van der Waals surface area contributed by atoms with Crippen molar-refractivity contribution < 1.29 is 14.7 Å². The van der Waals surface area contributed by atoms with Gasteiger partial charge in [0.1, 0.15) is 0 Å². The van der Waals surface area contributed by atoms with Crippen LogP contribution in [-0.4, -0.2) is 28.2 Å². The second-order valence-electron chi connectivity index (χ2n) is 6.56. The fourth-order valence-electron chi connectivity index (χ4n) is 3.06. The summed E-state index contributed by atoms with van der Waals surface area (Å²) >= 11 is 0. The molecule has 1 aromatic heterocycles. The number of fused-ring (bicyclic) bond motifs is 1. The highest BCUT2D eigenvalue weighted by molar-refractivity contribution is 6.07. The first-order valence-electron chi connectivity index (χ1n) is 9.24. The Balaban J connectivity index is 1.61. The zero-order chi connectivity index (χ0) is 20.9. The van der Waals surface area contributed by atoms with Crippen molar-refractivity contribution in [1.29, 1.82) is 0 Å². The van der Waals surface area contributed by atoms with Crippen LogP contribution in [0, 0.1) is 0 Å². The highest BCUT2D eigenvalue weighted by Gasteiger charge is 2.13. The van der Waals surface area contributed by atoms with Gasteiger partial charge in [0.05, 0.1) is 28.6 Å². The van der Waals surface area contributed by atoms with Crippen molar-refractivity contribution in [1.82, 2.24) is 10.4 Å². The van der Waals surface area contributed by atoms with Gasteiger partial charge in [0.2, 0.25) is 0 Å². The van der Waals surface area contributed by atoms with Crippen LogP contribution in [0.3, 0.4) is 0 Å². The number of benzene rings is 3. The van der Waals surface area contributed by atoms with Gasteiger partial charge in [-0.2, -0.15) is 5.10 Å². The van der Waals surface area contributed by atoms with E-state index in [9.17, 15) is 9.59 Å². The number of para-hydroxylation sites is 1. The Morgan fingerprint density at radius 3 is 2.33 bits per heavy atom. The predicted molar refractivity (Wildman–Crippen MR) is 116 cm³/mol. The normalized spacial score (nSPS) is 10.9. The van der Waals surface area contributed by atoms with Crippen LogP contribution in [0.1, 0.15) is 26.3 Å². The van der Waals surface area contributed by atoms with Crippen molar-refractivity contribution in [3.05, 3.63) is 102 Å². The first-order valence-corrected chi connectivity index (χ1v) is 9.24. The van der Waals surface area contributed by atoms with E-state index in [1.54, 1.807) is 18.2 Å². The van der Waals surface area contributed by atoms with Gasteiger partial charge in [-0.25, -0.2) is 15.2 Å². The molecule has 0 unspecified atom stereocenters. The number of hydrogen-bond acceptors (Lipinski definition) is 4. The molecular weight excluding hydrogens is 378 g/mol. The van der Waals surface area contributed by atoms with Gasteiger partial charge in [0.25, 0.3) is 5.91 Å². The molecule has 4 rings (SSSR count). The summed E-state index contributed by atoms with van der Waals surface area (Å²) in [5, 5.41) is 13.7.